The van der Waals surface area contributed by atoms with Crippen LogP contribution in [0.4, 0.5) is 0 Å². The SMILES string of the molecule is C=c1c(C)c[nH]/c1=C/C=C(\C)N. The second kappa shape index (κ2) is 3.30. The predicted octanol–water partition coefficient (Wildman–Crippen LogP) is 0.376. The fourth-order valence-electron chi connectivity index (χ4n) is 0.936. The highest BCUT2D eigenvalue weighted by atomic mass is 14.7. The summed E-state index contributed by atoms with van der Waals surface area (Å²) in [5.41, 5.74) is 7.46. The number of aromatic amines is 1. The standard InChI is InChI=1S/C10H14N2/c1-7-6-12-10(9(7)3)5-4-8(2)11/h4-6,12H,3,11H2,1-2H3/b8-4+,10-5+. The van der Waals surface area contributed by atoms with Crippen LogP contribution in [0.5, 0.6) is 0 Å². The molecule has 1 aromatic rings. The molecule has 0 saturated carbocycles. The summed E-state index contributed by atoms with van der Waals surface area (Å²) in [5, 5.41) is 2.06. The van der Waals surface area contributed by atoms with Crippen molar-refractivity contribution in [2.75, 3.05) is 0 Å². The minimum Gasteiger partial charge on any atom is -0.402 e. The largest absolute Gasteiger partial charge is 0.402 e. The smallest absolute Gasteiger partial charge is 0.0451 e. The molecule has 1 rings (SSSR count). The lowest BCUT2D eigenvalue weighted by Crippen LogP contribution is -2.21. The number of aryl methyl sites for hydroxylation is 1. The highest BCUT2D eigenvalue weighted by Crippen LogP contribution is 1.81. The predicted molar refractivity (Wildman–Crippen MR) is 52.7 cm³/mol. The van der Waals surface area contributed by atoms with Crippen molar-refractivity contribution in [2.24, 2.45) is 5.73 Å². The molecule has 0 aliphatic rings. The molecule has 12 heavy (non-hydrogen) atoms. The van der Waals surface area contributed by atoms with Crippen LogP contribution in [0.1, 0.15) is 12.5 Å². The fourth-order valence-corrected chi connectivity index (χ4v) is 0.936. The highest BCUT2D eigenvalue weighted by molar-refractivity contribution is 5.38. The van der Waals surface area contributed by atoms with E-state index in [0.29, 0.717) is 0 Å². The molecule has 0 spiro atoms. The maximum atomic E-state index is 5.49. The van der Waals surface area contributed by atoms with E-state index in [2.05, 4.69) is 11.6 Å². The average Bonchev–Trinajstić information content (AvgIpc) is 2.30. The van der Waals surface area contributed by atoms with Crippen LogP contribution in [0.2, 0.25) is 0 Å². The van der Waals surface area contributed by atoms with Crippen molar-refractivity contribution in [3.05, 3.63) is 34.1 Å². The van der Waals surface area contributed by atoms with Gasteiger partial charge in [0.05, 0.1) is 0 Å². The van der Waals surface area contributed by atoms with Crippen LogP contribution >= 0.6 is 0 Å². The molecule has 2 nitrogen and oxygen atoms in total. The van der Waals surface area contributed by atoms with Crippen LogP contribution in [0.25, 0.3) is 12.7 Å². The first kappa shape index (κ1) is 8.65. The molecule has 0 aromatic carbocycles. The molecule has 1 heterocycles. The third kappa shape index (κ3) is 1.78. The Labute approximate surface area is 72.1 Å². The van der Waals surface area contributed by atoms with Crippen molar-refractivity contribution in [1.29, 1.82) is 0 Å². The molecular formula is C10H14N2. The van der Waals surface area contributed by atoms with Crippen molar-refractivity contribution in [1.82, 2.24) is 4.98 Å². The van der Waals surface area contributed by atoms with E-state index in [-0.39, 0.29) is 0 Å². The second-order valence-electron chi connectivity index (χ2n) is 2.94. The molecule has 0 unspecified atom stereocenters. The number of nitrogens with two attached hydrogens (primary N) is 1. The number of hydrogen-bond acceptors (Lipinski definition) is 1. The van der Waals surface area contributed by atoms with E-state index >= 15 is 0 Å². The highest BCUT2D eigenvalue weighted by Gasteiger charge is 1.87. The van der Waals surface area contributed by atoms with E-state index in [1.54, 1.807) is 0 Å². The number of nitrogens with one attached hydrogen (secondary N) is 1. The number of aromatic nitrogens is 1. The summed E-state index contributed by atoms with van der Waals surface area (Å²) >= 11 is 0. The molecule has 0 amide bonds. The Morgan fingerprint density at radius 2 is 2.33 bits per heavy atom. The summed E-state index contributed by atoms with van der Waals surface area (Å²) in [7, 11) is 0. The van der Waals surface area contributed by atoms with Gasteiger partial charge in [-0.25, -0.2) is 0 Å². The Morgan fingerprint density at radius 3 is 2.75 bits per heavy atom. The Bertz CT molecular complexity index is 392. The van der Waals surface area contributed by atoms with Crippen molar-refractivity contribution in [3.8, 4) is 0 Å². The van der Waals surface area contributed by atoms with Gasteiger partial charge in [0.25, 0.3) is 0 Å². The first-order valence-corrected chi connectivity index (χ1v) is 3.88. The lowest BCUT2D eigenvalue weighted by Gasteiger charge is -1.82. The molecule has 0 aliphatic carbocycles. The lowest BCUT2D eigenvalue weighted by atomic mass is 10.3. The Morgan fingerprint density at radius 1 is 1.67 bits per heavy atom. The topological polar surface area (TPSA) is 41.8 Å². The molecule has 0 radical (unpaired) electrons. The van der Waals surface area contributed by atoms with E-state index in [0.717, 1.165) is 16.3 Å². The van der Waals surface area contributed by atoms with E-state index in [4.69, 9.17) is 5.73 Å². The second-order valence-corrected chi connectivity index (χ2v) is 2.94. The molecule has 0 saturated heterocycles. The first-order valence-electron chi connectivity index (χ1n) is 3.88. The number of hydrogen-bond donors (Lipinski definition) is 2. The molecular weight excluding hydrogens is 148 g/mol. The van der Waals surface area contributed by atoms with Crippen molar-refractivity contribution < 1.29 is 0 Å². The van der Waals surface area contributed by atoms with Crippen molar-refractivity contribution >= 4 is 12.7 Å². The van der Waals surface area contributed by atoms with Gasteiger partial charge in [-0.3, -0.25) is 0 Å². The minimum atomic E-state index is 0.793. The number of allylic oxidation sites excluding steroid dienone is 2. The first-order chi connectivity index (χ1) is 5.61. The van der Waals surface area contributed by atoms with Crippen LogP contribution in [0.15, 0.2) is 18.0 Å². The van der Waals surface area contributed by atoms with Gasteiger partial charge in [-0.15, -0.1) is 0 Å². The van der Waals surface area contributed by atoms with Crippen molar-refractivity contribution in [2.45, 2.75) is 13.8 Å². The minimum absolute atomic E-state index is 0.793. The summed E-state index contributed by atoms with van der Waals surface area (Å²) in [4.78, 5) is 3.11. The summed E-state index contributed by atoms with van der Waals surface area (Å²) in [6.07, 6.45) is 5.73. The Hall–Kier alpha value is -1.44. The van der Waals surface area contributed by atoms with E-state index < -0.39 is 0 Å². The maximum Gasteiger partial charge on any atom is 0.0451 e. The van der Waals surface area contributed by atoms with Crippen LogP contribution < -0.4 is 16.3 Å². The zero-order valence-electron chi connectivity index (χ0n) is 7.52. The molecule has 0 atom stereocenters. The van der Waals surface area contributed by atoms with E-state index in [1.165, 1.54) is 5.56 Å². The maximum absolute atomic E-state index is 5.49. The van der Waals surface area contributed by atoms with Gasteiger partial charge in [-0.2, -0.15) is 0 Å². The molecule has 64 valence electrons. The van der Waals surface area contributed by atoms with Gasteiger partial charge in [-0.1, -0.05) is 6.58 Å². The zero-order chi connectivity index (χ0) is 9.14. The number of H-pyrrole nitrogens is 1. The molecule has 1 aromatic heterocycles. The lowest BCUT2D eigenvalue weighted by molar-refractivity contribution is 1.30. The quantitative estimate of drug-likeness (QED) is 0.615. The summed E-state index contributed by atoms with van der Waals surface area (Å²) < 4.78 is 0. The van der Waals surface area contributed by atoms with Crippen molar-refractivity contribution in [3.63, 3.8) is 0 Å². The van der Waals surface area contributed by atoms with Crippen LogP contribution in [0, 0.1) is 6.92 Å². The molecule has 2 heteroatoms. The van der Waals surface area contributed by atoms with Gasteiger partial charge in [-0.05, 0) is 36.8 Å². The summed E-state index contributed by atoms with van der Waals surface area (Å²) in [5.74, 6) is 0. The summed E-state index contributed by atoms with van der Waals surface area (Å²) in [6, 6.07) is 0. The van der Waals surface area contributed by atoms with Gasteiger partial charge in [0.1, 0.15) is 0 Å². The Balaban J connectivity index is 3.21. The van der Waals surface area contributed by atoms with Gasteiger partial charge in [0.2, 0.25) is 0 Å². The molecule has 0 bridgehead atoms. The zero-order valence-corrected chi connectivity index (χ0v) is 7.52. The van der Waals surface area contributed by atoms with E-state index in [9.17, 15) is 0 Å². The molecule has 0 aliphatic heterocycles. The van der Waals surface area contributed by atoms with Gasteiger partial charge in [0.15, 0.2) is 0 Å². The van der Waals surface area contributed by atoms with E-state index in [1.807, 2.05) is 32.2 Å². The monoisotopic (exact) mass is 162 g/mol. The van der Waals surface area contributed by atoms with Crippen LogP contribution in [-0.2, 0) is 0 Å². The fraction of sp³-hybridized carbons (Fsp3) is 0.200. The molecule has 0 fully saturated rings. The van der Waals surface area contributed by atoms with Gasteiger partial charge >= 0.3 is 0 Å². The molecule has 3 N–H and O–H groups in total. The van der Waals surface area contributed by atoms with Gasteiger partial charge < -0.3 is 10.7 Å². The third-order valence-electron chi connectivity index (χ3n) is 1.76. The number of rotatable bonds is 1. The van der Waals surface area contributed by atoms with Crippen LogP contribution in [-0.4, -0.2) is 4.98 Å². The van der Waals surface area contributed by atoms with Crippen LogP contribution in [0.3, 0.4) is 0 Å². The Kier molecular flexibility index (Phi) is 2.38. The average molecular weight is 162 g/mol. The third-order valence-corrected chi connectivity index (χ3v) is 1.76. The normalized spacial score (nSPS) is 13.8. The summed E-state index contributed by atoms with van der Waals surface area (Å²) in [6.45, 7) is 7.80. The van der Waals surface area contributed by atoms with Gasteiger partial charge in [0, 0.05) is 17.2 Å².